The molecule has 1 radical (unpaired) electrons. The Balaban J connectivity index is 1.87. The van der Waals surface area contributed by atoms with Crippen LogP contribution < -0.4 is 5.32 Å². The van der Waals surface area contributed by atoms with Crippen LogP contribution in [0.15, 0.2) is 51.1 Å². The van der Waals surface area contributed by atoms with Crippen molar-refractivity contribution in [3.63, 3.8) is 0 Å². The molecule has 2 heterocycles. The van der Waals surface area contributed by atoms with Gasteiger partial charge >= 0.3 is 0 Å². The van der Waals surface area contributed by atoms with Crippen molar-refractivity contribution in [2.24, 2.45) is 0 Å². The molecule has 0 bridgehead atoms. The minimum absolute atomic E-state index is 0.0418. The molecule has 129 valence electrons. The summed E-state index contributed by atoms with van der Waals surface area (Å²) in [5, 5.41) is 4.57. The summed E-state index contributed by atoms with van der Waals surface area (Å²) in [6.45, 7) is 3.53. The fraction of sp³-hybridized carbons (Fsp3) is 0.176. The molecular weight excluding hydrogens is 361 g/mol. The fourth-order valence-corrected chi connectivity index (χ4v) is 4.45. The second-order valence-corrected chi connectivity index (χ2v) is 8.34. The summed E-state index contributed by atoms with van der Waals surface area (Å²) in [4.78, 5) is 7.90. The Morgan fingerprint density at radius 3 is 2.64 bits per heavy atom. The molecule has 0 saturated heterocycles. The van der Waals surface area contributed by atoms with E-state index in [4.69, 9.17) is 0 Å². The number of rotatable bonds is 5. The van der Waals surface area contributed by atoms with Gasteiger partial charge in [-0.1, -0.05) is 18.2 Å². The zero-order chi connectivity index (χ0) is 18.0. The number of aryl methyl sites for hydroxylation is 1. The number of aromatic nitrogens is 2. The van der Waals surface area contributed by atoms with E-state index in [9.17, 15) is 12.8 Å². The first-order valence-electron chi connectivity index (χ1n) is 7.45. The van der Waals surface area contributed by atoms with E-state index in [-0.39, 0.29) is 21.2 Å². The Bertz CT molecular complexity index is 989. The van der Waals surface area contributed by atoms with Gasteiger partial charge < -0.3 is 5.32 Å². The van der Waals surface area contributed by atoms with Crippen molar-refractivity contribution in [3.8, 4) is 0 Å². The number of benzene rings is 1. The van der Waals surface area contributed by atoms with Crippen LogP contribution in [0.2, 0.25) is 0 Å². The molecule has 0 aliphatic heterocycles. The molecule has 0 amide bonds. The number of pyridine rings is 1. The van der Waals surface area contributed by atoms with E-state index in [1.807, 2.05) is 6.92 Å². The van der Waals surface area contributed by atoms with Gasteiger partial charge in [-0.2, -0.15) is 0 Å². The van der Waals surface area contributed by atoms with Crippen LogP contribution in [0, 0.1) is 18.9 Å². The lowest BCUT2D eigenvalue weighted by Gasteiger charge is -2.18. The van der Waals surface area contributed by atoms with E-state index in [1.165, 1.54) is 17.5 Å². The highest BCUT2D eigenvalue weighted by atomic mass is 32.2. The Morgan fingerprint density at radius 2 is 2.00 bits per heavy atom. The van der Waals surface area contributed by atoms with Crippen LogP contribution in [0.3, 0.4) is 0 Å². The molecule has 3 rings (SSSR count). The van der Waals surface area contributed by atoms with Crippen molar-refractivity contribution in [2.45, 2.75) is 29.3 Å². The predicted octanol–water partition coefficient (Wildman–Crippen LogP) is 3.79. The van der Waals surface area contributed by atoms with Gasteiger partial charge in [-0.05, 0) is 32.0 Å². The minimum atomic E-state index is -3.74. The Hall–Kier alpha value is -2.32. The van der Waals surface area contributed by atoms with Crippen molar-refractivity contribution in [2.75, 3.05) is 5.32 Å². The SMILES string of the molecule is Cc1nc(S(=O)(=O)c2n[c]cs2)ccc1N[C@@H](C)c1ccccc1F. The molecule has 0 aliphatic carbocycles. The van der Waals surface area contributed by atoms with Gasteiger partial charge in [0.2, 0.25) is 4.34 Å². The summed E-state index contributed by atoms with van der Waals surface area (Å²) in [6.07, 6.45) is 2.49. The molecule has 3 aromatic rings. The smallest absolute Gasteiger partial charge is 0.250 e. The molecule has 0 fully saturated rings. The lowest BCUT2D eigenvalue weighted by atomic mass is 10.1. The van der Waals surface area contributed by atoms with Crippen LogP contribution in [0.25, 0.3) is 0 Å². The van der Waals surface area contributed by atoms with E-state index < -0.39 is 9.84 Å². The standard InChI is InChI=1S/C17H15FN3O2S2/c1-11(13-5-3-4-6-14(13)18)20-15-7-8-16(21-12(15)2)25(22,23)17-19-9-10-24-17/h3-8,10-11,20H,1-2H3/t11-/m0/s1. The number of thiazole rings is 1. The zero-order valence-corrected chi connectivity index (χ0v) is 15.2. The van der Waals surface area contributed by atoms with Gasteiger partial charge in [0.1, 0.15) is 12.0 Å². The lowest BCUT2D eigenvalue weighted by Crippen LogP contribution is -2.11. The molecule has 5 nitrogen and oxygen atoms in total. The van der Waals surface area contributed by atoms with Gasteiger partial charge in [0.15, 0.2) is 5.03 Å². The molecule has 0 saturated carbocycles. The van der Waals surface area contributed by atoms with Crippen molar-refractivity contribution in [1.29, 1.82) is 0 Å². The van der Waals surface area contributed by atoms with Crippen molar-refractivity contribution >= 4 is 26.9 Å². The number of anilines is 1. The first kappa shape index (κ1) is 17.5. The summed E-state index contributed by atoms with van der Waals surface area (Å²) in [6, 6.07) is 9.26. The van der Waals surface area contributed by atoms with E-state index in [2.05, 4.69) is 21.5 Å². The number of hydrogen-bond acceptors (Lipinski definition) is 6. The summed E-state index contributed by atoms with van der Waals surface area (Å²) in [5.74, 6) is -0.299. The summed E-state index contributed by atoms with van der Waals surface area (Å²) >= 11 is 0.992. The van der Waals surface area contributed by atoms with E-state index in [0.29, 0.717) is 16.9 Å². The Kier molecular flexibility index (Phi) is 4.82. The van der Waals surface area contributed by atoms with Gasteiger partial charge in [0, 0.05) is 10.9 Å². The number of halogens is 1. The van der Waals surface area contributed by atoms with Crippen LogP contribution >= 0.6 is 11.3 Å². The molecule has 0 unspecified atom stereocenters. The number of sulfone groups is 1. The normalized spacial score (nSPS) is 12.8. The van der Waals surface area contributed by atoms with E-state index in [1.54, 1.807) is 31.2 Å². The van der Waals surface area contributed by atoms with Gasteiger partial charge in [-0.15, -0.1) is 11.3 Å². The van der Waals surface area contributed by atoms with Crippen LogP contribution in [0.1, 0.15) is 24.2 Å². The van der Waals surface area contributed by atoms with E-state index in [0.717, 1.165) is 11.3 Å². The highest BCUT2D eigenvalue weighted by Gasteiger charge is 2.23. The maximum absolute atomic E-state index is 13.9. The topological polar surface area (TPSA) is 72.0 Å². The Labute approximate surface area is 149 Å². The molecular formula is C17H15FN3O2S2. The molecule has 1 atom stereocenters. The predicted molar refractivity (Wildman–Crippen MR) is 93.8 cm³/mol. The maximum Gasteiger partial charge on any atom is 0.250 e. The molecule has 8 heteroatoms. The zero-order valence-electron chi connectivity index (χ0n) is 13.5. The quantitative estimate of drug-likeness (QED) is 0.733. The highest BCUT2D eigenvalue weighted by Crippen LogP contribution is 2.26. The van der Waals surface area contributed by atoms with Gasteiger partial charge in [-0.3, -0.25) is 0 Å². The molecule has 1 N–H and O–H groups in total. The highest BCUT2D eigenvalue weighted by molar-refractivity contribution is 7.93. The minimum Gasteiger partial charge on any atom is -0.377 e. The molecule has 1 aromatic carbocycles. The average Bonchev–Trinajstić information content (AvgIpc) is 3.12. The van der Waals surface area contributed by atoms with Crippen molar-refractivity contribution in [3.05, 3.63) is 65.0 Å². The van der Waals surface area contributed by atoms with Crippen molar-refractivity contribution in [1.82, 2.24) is 9.97 Å². The monoisotopic (exact) mass is 376 g/mol. The van der Waals surface area contributed by atoms with Crippen LogP contribution in [-0.2, 0) is 9.84 Å². The van der Waals surface area contributed by atoms with Gasteiger partial charge in [-0.25, -0.2) is 22.8 Å². The van der Waals surface area contributed by atoms with Crippen LogP contribution in [0.5, 0.6) is 0 Å². The summed E-state index contributed by atoms with van der Waals surface area (Å²) in [7, 11) is -3.74. The molecule has 0 aliphatic rings. The summed E-state index contributed by atoms with van der Waals surface area (Å²) < 4.78 is 38.7. The second kappa shape index (κ2) is 6.89. The van der Waals surface area contributed by atoms with Crippen LogP contribution in [0.4, 0.5) is 10.1 Å². The average molecular weight is 376 g/mol. The number of nitrogens with one attached hydrogen (secondary N) is 1. The van der Waals surface area contributed by atoms with Crippen molar-refractivity contribution < 1.29 is 12.8 Å². The summed E-state index contributed by atoms with van der Waals surface area (Å²) in [5.41, 5.74) is 1.67. The lowest BCUT2D eigenvalue weighted by molar-refractivity contribution is 0.591. The number of nitrogens with zero attached hydrogens (tertiary/aromatic N) is 2. The first-order chi connectivity index (χ1) is 11.9. The molecule has 25 heavy (non-hydrogen) atoms. The third-order valence-electron chi connectivity index (χ3n) is 3.68. The first-order valence-corrected chi connectivity index (χ1v) is 9.81. The molecule has 0 spiro atoms. The van der Waals surface area contributed by atoms with Gasteiger partial charge in [0.25, 0.3) is 9.84 Å². The van der Waals surface area contributed by atoms with Crippen LogP contribution in [-0.4, -0.2) is 18.4 Å². The Morgan fingerprint density at radius 1 is 1.24 bits per heavy atom. The second-order valence-electron chi connectivity index (χ2n) is 5.42. The largest absolute Gasteiger partial charge is 0.377 e. The number of hydrogen-bond donors (Lipinski definition) is 1. The molecule has 2 aromatic heterocycles. The fourth-order valence-electron chi connectivity index (χ4n) is 2.37. The van der Waals surface area contributed by atoms with E-state index >= 15 is 0 Å². The third-order valence-corrected chi connectivity index (χ3v) is 6.47. The maximum atomic E-state index is 13.9. The third kappa shape index (κ3) is 3.54. The van der Waals surface area contributed by atoms with Gasteiger partial charge in [0.05, 0.1) is 17.4 Å².